The molecular weight excluding hydrogens is 358 g/mol. The molecule has 142 valence electrons. The summed E-state index contributed by atoms with van der Waals surface area (Å²) in [6.45, 7) is 7.41. The molecule has 0 aromatic carbocycles. The highest BCUT2D eigenvalue weighted by Crippen LogP contribution is 2.34. The van der Waals surface area contributed by atoms with E-state index in [1.54, 1.807) is 11.2 Å². The fraction of sp³-hybridized carbons (Fsp3) is 0.400. The molecule has 3 aromatic rings. The van der Waals surface area contributed by atoms with Crippen molar-refractivity contribution in [3.63, 3.8) is 0 Å². The summed E-state index contributed by atoms with van der Waals surface area (Å²) in [5, 5.41) is 4.27. The molecule has 0 aliphatic rings. The van der Waals surface area contributed by atoms with Gasteiger partial charge in [0.1, 0.15) is 17.0 Å². The maximum Gasteiger partial charge on any atom is 0.264 e. The Balaban J connectivity index is 1.87. The minimum absolute atomic E-state index is 0.0512. The van der Waals surface area contributed by atoms with E-state index in [-0.39, 0.29) is 5.91 Å². The summed E-state index contributed by atoms with van der Waals surface area (Å²) >= 11 is 1.43. The van der Waals surface area contributed by atoms with Gasteiger partial charge in [0.15, 0.2) is 0 Å². The zero-order chi connectivity index (χ0) is 19.4. The van der Waals surface area contributed by atoms with Gasteiger partial charge < -0.3 is 10.2 Å². The fourth-order valence-corrected chi connectivity index (χ4v) is 4.10. The summed E-state index contributed by atoms with van der Waals surface area (Å²) in [6, 6.07) is 5.95. The van der Waals surface area contributed by atoms with E-state index >= 15 is 0 Å². The number of unbranched alkanes of at least 4 members (excludes halogenated alkanes) is 1. The van der Waals surface area contributed by atoms with Gasteiger partial charge in [-0.25, -0.2) is 9.97 Å². The first kappa shape index (κ1) is 19.2. The van der Waals surface area contributed by atoms with Crippen molar-refractivity contribution in [1.82, 2.24) is 19.9 Å². The van der Waals surface area contributed by atoms with Crippen molar-refractivity contribution in [2.24, 2.45) is 0 Å². The average molecular weight is 384 g/mol. The van der Waals surface area contributed by atoms with Crippen LogP contribution in [0.1, 0.15) is 46.4 Å². The SMILES string of the molecule is CCCCN(C)C(=O)c1sc2ncnc(NCc3cccc(C)n3)c2c1C. The molecule has 3 heterocycles. The quantitative estimate of drug-likeness (QED) is 0.662. The first-order valence-electron chi connectivity index (χ1n) is 9.17. The second-order valence-electron chi connectivity index (χ2n) is 6.66. The molecule has 3 aromatic heterocycles. The van der Waals surface area contributed by atoms with Crippen molar-refractivity contribution in [1.29, 1.82) is 0 Å². The van der Waals surface area contributed by atoms with Crippen LogP contribution in [0.25, 0.3) is 10.2 Å². The van der Waals surface area contributed by atoms with Gasteiger partial charge in [0, 0.05) is 19.3 Å². The molecule has 7 heteroatoms. The van der Waals surface area contributed by atoms with E-state index in [2.05, 4.69) is 27.2 Å². The molecule has 0 unspecified atom stereocenters. The van der Waals surface area contributed by atoms with Gasteiger partial charge in [0.25, 0.3) is 5.91 Å². The second kappa shape index (κ2) is 8.43. The molecular formula is C20H25N5OS. The van der Waals surface area contributed by atoms with Gasteiger partial charge in [0.05, 0.1) is 22.5 Å². The molecule has 0 aliphatic carbocycles. The third-order valence-corrected chi connectivity index (χ3v) is 5.69. The van der Waals surface area contributed by atoms with Crippen LogP contribution < -0.4 is 5.32 Å². The molecule has 0 saturated carbocycles. The molecule has 0 aliphatic heterocycles. The number of aromatic nitrogens is 3. The van der Waals surface area contributed by atoms with E-state index in [0.717, 1.165) is 57.2 Å². The molecule has 0 bridgehead atoms. The Morgan fingerprint density at radius 1 is 1.26 bits per heavy atom. The van der Waals surface area contributed by atoms with Gasteiger partial charge in [-0.2, -0.15) is 0 Å². The molecule has 0 spiro atoms. The zero-order valence-corrected chi connectivity index (χ0v) is 17.1. The monoisotopic (exact) mass is 383 g/mol. The third-order valence-electron chi connectivity index (χ3n) is 4.50. The van der Waals surface area contributed by atoms with E-state index in [0.29, 0.717) is 6.54 Å². The molecule has 3 rings (SSSR count). The van der Waals surface area contributed by atoms with Gasteiger partial charge in [-0.15, -0.1) is 11.3 Å². The molecule has 0 saturated heterocycles. The molecule has 0 atom stereocenters. The summed E-state index contributed by atoms with van der Waals surface area (Å²) < 4.78 is 0. The molecule has 6 nitrogen and oxygen atoms in total. The average Bonchev–Trinajstić information content (AvgIpc) is 3.01. The summed E-state index contributed by atoms with van der Waals surface area (Å²) in [5.74, 6) is 0.794. The number of thiophene rings is 1. The minimum atomic E-state index is 0.0512. The van der Waals surface area contributed by atoms with E-state index in [9.17, 15) is 4.79 Å². The lowest BCUT2D eigenvalue weighted by Gasteiger charge is -2.16. The van der Waals surface area contributed by atoms with Crippen LogP contribution in [0.15, 0.2) is 24.5 Å². The summed E-state index contributed by atoms with van der Waals surface area (Å²) in [4.78, 5) is 29.5. The topological polar surface area (TPSA) is 71.0 Å². The molecule has 1 N–H and O–H groups in total. The Kier molecular flexibility index (Phi) is 6.01. The van der Waals surface area contributed by atoms with Crippen LogP contribution in [0.3, 0.4) is 0 Å². The molecule has 0 radical (unpaired) electrons. The van der Waals surface area contributed by atoms with Crippen molar-refractivity contribution in [2.75, 3.05) is 18.9 Å². The Bertz CT molecular complexity index is 953. The number of aryl methyl sites for hydroxylation is 2. The van der Waals surface area contributed by atoms with E-state index < -0.39 is 0 Å². The lowest BCUT2D eigenvalue weighted by molar-refractivity contribution is 0.0797. The number of rotatable bonds is 7. The molecule has 0 fully saturated rings. The van der Waals surface area contributed by atoms with Gasteiger partial charge in [-0.3, -0.25) is 9.78 Å². The largest absolute Gasteiger partial charge is 0.364 e. The Hall–Kier alpha value is -2.54. The maximum atomic E-state index is 12.8. The van der Waals surface area contributed by atoms with E-state index in [4.69, 9.17) is 0 Å². The van der Waals surface area contributed by atoms with Crippen LogP contribution in [0.2, 0.25) is 0 Å². The van der Waals surface area contributed by atoms with Crippen molar-refractivity contribution in [3.8, 4) is 0 Å². The summed E-state index contributed by atoms with van der Waals surface area (Å²) in [7, 11) is 1.86. The first-order valence-corrected chi connectivity index (χ1v) is 9.98. The second-order valence-corrected chi connectivity index (χ2v) is 7.66. The normalized spacial score (nSPS) is 11.0. The minimum Gasteiger partial charge on any atom is -0.364 e. The van der Waals surface area contributed by atoms with Gasteiger partial charge in [0.2, 0.25) is 0 Å². The molecule has 27 heavy (non-hydrogen) atoms. The van der Waals surface area contributed by atoms with Crippen LogP contribution >= 0.6 is 11.3 Å². The predicted octanol–water partition coefficient (Wildman–Crippen LogP) is 4.19. The van der Waals surface area contributed by atoms with Crippen molar-refractivity contribution in [3.05, 3.63) is 46.4 Å². The number of anilines is 1. The standard InChI is InChI=1S/C20H25N5OS/c1-5-6-10-25(4)20(26)17-14(3)16-18(22-12-23-19(16)27-17)21-11-15-9-7-8-13(2)24-15/h7-9,12H,5-6,10-11H2,1-4H3,(H,21,22,23). The van der Waals surface area contributed by atoms with Crippen LogP contribution in [0.5, 0.6) is 0 Å². The highest BCUT2D eigenvalue weighted by atomic mass is 32.1. The number of carbonyl (C=O) groups excluding carboxylic acids is 1. The zero-order valence-electron chi connectivity index (χ0n) is 16.2. The number of fused-ring (bicyclic) bond motifs is 1. The van der Waals surface area contributed by atoms with Crippen LogP contribution in [0, 0.1) is 13.8 Å². The van der Waals surface area contributed by atoms with Crippen LogP contribution in [-0.2, 0) is 6.54 Å². The predicted molar refractivity (Wildman–Crippen MR) is 110 cm³/mol. The lowest BCUT2D eigenvalue weighted by Crippen LogP contribution is -2.27. The first-order chi connectivity index (χ1) is 13.0. The number of nitrogens with one attached hydrogen (secondary N) is 1. The molecule has 1 amide bonds. The lowest BCUT2D eigenvalue weighted by atomic mass is 10.2. The van der Waals surface area contributed by atoms with Crippen LogP contribution in [-0.4, -0.2) is 39.4 Å². The van der Waals surface area contributed by atoms with E-state index in [1.165, 1.54) is 11.3 Å². The third kappa shape index (κ3) is 4.24. The van der Waals surface area contributed by atoms with Crippen molar-refractivity contribution in [2.45, 2.75) is 40.2 Å². The highest BCUT2D eigenvalue weighted by Gasteiger charge is 2.21. The number of nitrogens with zero attached hydrogens (tertiary/aromatic N) is 4. The van der Waals surface area contributed by atoms with E-state index in [1.807, 2.05) is 39.1 Å². The van der Waals surface area contributed by atoms with Crippen molar-refractivity contribution >= 4 is 33.3 Å². The number of pyridine rings is 1. The Morgan fingerprint density at radius 2 is 2.07 bits per heavy atom. The number of hydrogen-bond donors (Lipinski definition) is 1. The van der Waals surface area contributed by atoms with Gasteiger partial charge >= 0.3 is 0 Å². The van der Waals surface area contributed by atoms with Crippen molar-refractivity contribution < 1.29 is 4.79 Å². The Labute approximate surface area is 163 Å². The number of carbonyl (C=O) groups is 1. The number of amides is 1. The Morgan fingerprint density at radius 3 is 2.81 bits per heavy atom. The summed E-state index contributed by atoms with van der Waals surface area (Å²) in [6.07, 6.45) is 3.61. The fourth-order valence-electron chi connectivity index (χ4n) is 2.95. The highest BCUT2D eigenvalue weighted by molar-refractivity contribution is 7.20. The number of hydrogen-bond acceptors (Lipinski definition) is 6. The smallest absolute Gasteiger partial charge is 0.264 e. The van der Waals surface area contributed by atoms with Gasteiger partial charge in [-0.05, 0) is 38.0 Å². The maximum absolute atomic E-state index is 12.8. The van der Waals surface area contributed by atoms with Crippen LogP contribution in [0.4, 0.5) is 5.82 Å². The summed E-state index contributed by atoms with van der Waals surface area (Å²) in [5.41, 5.74) is 2.87. The van der Waals surface area contributed by atoms with Gasteiger partial charge in [-0.1, -0.05) is 19.4 Å².